The van der Waals surface area contributed by atoms with Crippen molar-refractivity contribution in [3.05, 3.63) is 47.6 Å². The number of ketones is 2. The van der Waals surface area contributed by atoms with E-state index in [0.29, 0.717) is 44.9 Å². The number of cyclic esters (lactones) is 1. The predicted octanol–water partition coefficient (Wildman–Crippen LogP) is 9.66. The van der Waals surface area contributed by atoms with E-state index < -0.39 is 86.3 Å². The fourth-order valence-electron chi connectivity index (χ4n) is 12.0. The molecule has 16 atom stereocenters. The van der Waals surface area contributed by atoms with Crippen LogP contribution < -0.4 is 0 Å². The van der Waals surface area contributed by atoms with Crippen molar-refractivity contribution in [1.29, 1.82) is 0 Å². The molecular weight excluding hydrogens is 947 g/mol. The number of rotatable bonds is 12. The van der Waals surface area contributed by atoms with Gasteiger partial charge in [-0.15, -0.1) is 0 Å². The molecule has 1 saturated carbocycles. The molecule has 0 unspecified atom stereocenters. The Morgan fingerprint density at radius 2 is 1.47 bits per heavy atom. The minimum absolute atomic E-state index is 0.0245. The Hall–Kier alpha value is -2.86. The van der Waals surface area contributed by atoms with E-state index in [1.54, 1.807) is 28.3 Å². The molecule has 15 heteroatoms. The fourth-order valence-corrected chi connectivity index (χ4v) is 14.9. The molecule has 0 aromatic rings. The van der Waals surface area contributed by atoms with Crippen molar-refractivity contribution in [3.8, 4) is 0 Å². The highest BCUT2D eigenvalue weighted by molar-refractivity contribution is 6.73. The van der Waals surface area contributed by atoms with Crippen molar-refractivity contribution < 1.29 is 62.2 Å². The lowest BCUT2D eigenvalue weighted by molar-refractivity contribution is -0.265. The zero-order chi connectivity index (χ0) is 54.2. The van der Waals surface area contributed by atoms with Crippen LogP contribution in [-0.2, 0) is 52.0 Å². The topological polar surface area (TPSA) is 177 Å². The molecule has 0 aromatic heterocycles. The summed E-state index contributed by atoms with van der Waals surface area (Å²) in [6, 6.07) is 2.09. The minimum Gasteiger partial charge on any atom is -0.460 e. The first kappa shape index (κ1) is 62.7. The summed E-state index contributed by atoms with van der Waals surface area (Å²) in [6.45, 7) is 20.3. The highest BCUT2D eigenvalue weighted by Gasteiger charge is 2.53. The van der Waals surface area contributed by atoms with Crippen molar-refractivity contribution in [2.45, 2.75) is 225 Å². The summed E-state index contributed by atoms with van der Waals surface area (Å²) < 4.78 is 43.5. The number of fused-ring (bicyclic) bond motifs is 3. The number of carbonyl (C=O) groups excluding carboxylic acids is 4. The standard InChI is InChI=1S/C58H97NO13Si/c1-15-73(16-2,17-3)72-48-29-27-44(34-51(48)67-12)33-40(7)50-36-47(60)39(6)32-42(9)53(68-13)54(69-14)52(61)41(8)31-37(4)23-19-18-20-24-38(5)49(66-11)35-45-28-26-43(10)58(65,71-45)55(62)56(63)59-30-22-21-25-46(59)57(64)70-50/h18-20,23-24,32,37,39-41,43-51,53-54,60,65H,15-17,21-22,25-31,33-36H2,1-14H3/b20-18+,23-19+,38-24+,42-32+/t37-,39-,40-,41-,43-,44+,45+,46+,47-,48-,49+,50+,51-,53-,54+,58-/m1/s1. The van der Waals surface area contributed by atoms with Crippen molar-refractivity contribution >= 4 is 31.8 Å². The zero-order valence-electron chi connectivity index (χ0n) is 47.3. The average Bonchev–Trinajstić information content (AvgIpc) is 3.38. The number of nitrogens with zero attached hydrogens (tertiary/aromatic N) is 1. The van der Waals surface area contributed by atoms with Crippen LogP contribution in [0.2, 0.25) is 18.1 Å². The maximum atomic E-state index is 14.7. The first-order valence-electron chi connectivity index (χ1n) is 27.8. The van der Waals surface area contributed by atoms with Crippen LogP contribution in [0, 0.1) is 35.5 Å². The molecule has 14 nitrogen and oxygen atoms in total. The highest BCUT2D eigenvalue weighted by atomic mass is 28.4. The van der Waals surface area contributed by atoms with Crippen LogP contribution >= 0.6 is 0 Å². The van der Waals surface area contributed by atoms with Gasteiger partial charge in [0.2, 0.25) is 5.79 Å². The quantitative estimate of drug-likeness (QED) is 0.0819. The van der Waals surface area contributed by atoms with E-state index >= 15 is 0 Å². The SMILES string of the molecule is CC[Si](CC)(CC)O[C@@H]1CC[C@@H](C[C@@H](C)[C@@H]2C[C@@H](O)[C@H](C)/C=C(\C)[C@@H](OC)[C@@H](OC)C(=O)[C@H](C)C[C@H](C)/C=C/C=C/C=C(\C)[C@@H](OC)C[C@@H]3CC[C@@H](C)[C@@](O)(O3)C(=O)C(=O)N3CCCC[C@H]3C(=O)O2)C[C@H]1OC. The Morgan fingerprint density at radius 3 is 2.10 bits per heavy atom. The summed E-state index contributed by atoms with van der Waals surface area (Å²) >= 11 is 0. The molecule has 0 spiro atoms. The van der Waals surface area contributed by atoms with Crippen molar-refractivity contribution in [2.75, 3.05) is 35.0 Å². The summed E-state index contributed by atoms with van der Waals surface area (Å²) in [5, 5.41) is 24.2. The summed E-state index contributed by atoms with van der Waals surface area (Å²) in [5.74, 6) is -6.60. The van der Waals surface area contributed by atoms with E-state index in [1.165, 1.54) is 12.0 Å². The van der Waals surface area contributed by atoms with Gasteiger partial charge in [-0.1, -0.05) is 91.8 Å². The number of ether oxygens (including phenoxy) is 6. The third-order valence-corrected chi connectivity index (χ3v) is 21.9. The van der Waals surface area contributed by atoms with Gasteiger partial charge in [0, 0.05) is 65.6 Å². The van der Waals surface area contributed by atoms with Gasteiger partial charge in [-0.3, -0.25) is 14.4 Å². The van der Waals surface area contributed by atoms with Crippen LogP contribution in [-0.4, -0.2) is 143 Å². The van der Waals surface area contributed by atoms with Crippen molar-refractivity contribution in [3.63, 3.8) is 0 Å². The number of methoxy groups -OCH3 is 4. The number of hydrogen-bond donors (Lipinski definition) is 2. The molecule has 1 amide bonds. The summed E-state index contributed by atoms with van der Waals surface area (Å²) in [7, 11) is 4.54. The summed E-state index contributed by atoms with van der Waals surface area (Å²) in [5.41, 5.74) is 1.63. The Labute approximate surface area is 440 Å². The molecule has 73 heavy (non-hydrogen) atoms. The van der Waals surface area contributed by atoms with Gasteiger partial charge in [-0.25, -0.2) is 4.79 Å². The van der Waals surface area contributed by atoms with E-state index in [1.807, 2.05) is 65.0 Å². The number of allylic oxidation sites excluding steroid dienone is 5. The fraction of sp³-hybridized carbons (Fsp3) is 0.793. The maximum absolute atomic E-state index is 14.7. The molecule has 1 aliphatic carbocycles. The number of aliphatic hydroxyl groups is 2. The van der Waals surface area contributed by atoms with Crippen LogP contribution in [0.3, 0.4) is 0 Å². The number of amides is 1. The number of Topliss-reactive ketones (excluding diaryl/α,β-unsaturated/α-hetero) is 2. The number of aliphatic hydroxyl groups excluding tert-OH is 1. The number of esters is 1. The number of hydrogen-bond acceptors (Lipinski definition) is 13. The number of carbonyl (C=O) groups is 4. The van der Waals surface area contributed by atoms with Gasteiger partial charge < -0.3 is 48.0 Å². The molecule has 3 aliphatic heterocycles. The van der Waals surface area contributed by atoms with Crippen LogP contribution in [0.15, 0.2) is 47.6 Å². The van der Waals surface area contributed by atoms with Gasteiger partial charge in [-0.05, 0) is 125 Å². The zero-order valence-corrected chi connectivity index (χ0v) is 48.3. The van der Waals surface area contributed by atoms with Crippen LogP contribution in [0.25, 0.3) is 0 Å². The normalized spacial score (nSPS) is 38.5. The molecule has 4 aliphatic rings. The van der Waals surface area contributed by atoms with Gasteiger partial charge in [0.05, 0.1) is 30.5 Å². The molecule has 4 rings (SSSR count). The monoisotopic (exact) mass is 1040 g/mol. The van der Waals surface area contributed by atoms with Gasteiger partial charge >= 0.3 is 5.97 Å². The Bertz CT molecular complexity index is 1890. The summed E-state index contributed by atoms with van der Waals surface area (Å²) in [6.07, 6.45) is 14.0. The molecule has 2 bridgehead atoms. The predicted molar refractivity (Wildman–Crippen MR) is 287 cm³/mol. The van der Waals surface area contributed by atoms with Crippen molar-refractivity contribution in [2.24, 2.45) is 35.5 Å². The van der Waals surface area contributed by atoms with E-state index in [4.69, 9.17) is 32.8 Å². The Balaban J connectivity index is 1.72. The highest BCUT2D eigenvalue weighted by Crippen LogP contribution is 2.39. The second kappa shape index (κ2) is 29.6. The van der Waals surface area contributed by atoms with Crippen molar-refractivity contribution in [1.82, 2.24) is 4.90 Å². The molecule has 0 aromatic carbocycles. The van der Waals surface area contributed by atoms with E-state index in [0.717, 1.165) is 48.5 Å². The first-order chi connectivity index (χ1) is 34.7. The second-order valence-electron chi connectivity index (χ2n) is 22.3. The van der Waals surface area contributed by atoms with E-state index in [2.05, 4.69) is 33.8 Å². The number of piperidine rings is 1. The smallest absolute Gasteiger partial charge is 0.329 e. The Morgan fingerprint density at radius 1 is 0.781 bits per heavy atom. The molecule has 2 saturated heterocycles. The van der Waals surface area contributed by atoms with Gasteiger partial charge in [0.1, 0.15) is 24.4 Å². The molecule has 0 radical (unpaired) electrons. The van der Waals surface area contributed by atoms with E-state index in [9.17, 15) is 29.4 Å². The molecule has 3 heterocycles. The summed E-state index contributed by atoms with van der Waals surface area (Å²) in [4.78, 5) is 58.8. The lowest BCUT2D eigenvalue weighted by atomic mass is 9.78. The lowest BCUT2D eigenvalue weighted by Crippen LogP contribution is -2.61. The van der Waals surface area contributed by atoms with Crippen LogP contribution in [0.5, 0.6) is 0 Å². The van der Waals surface area contributed by atoms with Gasteiger partial charge in [0.25, 0.3) is 11.7 Å². The molecule has 2 N–H and O–H groups in total. The van der Waals surface area contributed by atoms with Gasteiger partial charge in [0.15, 0.2) is 14.1 Å². The van der Waals surface area contributed by atoms with Gasteiger partial charge in [-0.2, -0.15) is 0 Å². The Kier molecular flexibility index (Phi) is 25.4. The van der Waals surface area contributed by atoms with Crippen LogP contribution in [0.4, 0.5) is 0 Å². The maximum Gasteiger partial charge on any atom is 0.329 e. The second-order valence-corrected chi connectivity index (χ2v) is 27.1. The third-order valence-electron chi connectivity index (χ3n) is 17.2. The molecule has 416 valence electrons. The largest absolute Gasteiger partial charge is 0.460 e. The minimum atomic E-state index is -2.40. The van der Waals surface area contributed by atoms with Crippen LogP contribution in [0.1, 0.15) is 146 Å². The van der Waals surface area contributed by atoms with E-state index in [-0.39, 0.29) is 61.0 Å². The average molecular weight is 1040 g/mol. The lowest BCUT2D eigenvalue weighted by Gasteiger charge is -2.43. The third kappa shape index (κ3) is 16.6. The molecular formula is C58H97NO13Si. The molecule has 3 fully saturated rings. The first-order valence-corrected chi connectivity index (χ1v) is 30.4.